The van der Waals surface area contributed by atoms with Gasteiger partial charge in [0.15, 0.2) is 28.5 Å². The Morgan fingerprint density at radius 3 is 2.85 bits per heavy atom. The van der Waals surface area contributed by atoms with Gasteiger partial charge in [-0.3, -0.25) is 9.48 Å². The fraction of sp³-hybridized carbons (Fsp3) is 0.389. The largest absolute Gasteiger partial charge is 0.436 e. The summed E-state index contributed by atoms with van der Waals surface area (Å²) in [6.07, 6.45) is 5.23. The van der Waals surface area contributed by atoms with Gasteiger partial charge in [-0.25, -0.2) is 4.98 Å². The lowest BCUT2D eigenvalue weighted by molar-refractivity contribution is 0.0848. The summed E-state index contributed by atoms with van der Waals surface area (Å²) in [5.41, 5.74) is 0.339. The Morgan fingerprint density at radius 2 is 2.12 bits per heavy atom. The Hall–Kier alpha value is -2.87. The van der Waals surface area contributed by atoms with Crippen LogP contribution in [0.2, 0.25) is 0 Å². The highest BCUT2D eigenvalue weighted by Crippen LogP contribution is 2.27. The van der Waals surface area contributed by atoms with Crippen LogP contribution < -0.4 is 15.6 Å². The minimum Gasteiger partial charge on any atom is -0.436 e. The average Bonchev–Trinajstić information content (AvgIpc) is 3.07. The molecule has 26 heavy (non-hydrogen) atoms. The third-order valence-corrected chi connectivity index (χ3v) is 4.68. The molecule has 136 valence electrons. The van der Waals surface area contributed by atoms with Gasteiger partial charge in [-0.05, 0) is 18.9 Å². The maximum absolute atomic E-state index is 12.6. The SMILES string of the molecule is CN(c1cc(=O)c2ccnc(Nc3ccn(C)n3)c2o1)C1CCOCC1. The quantitative estimate of drug-likeness (QED) is 0.768. The van der Waals surface area contributed by atoms with Gasteiger partial charge in [0.25, 0.3) is 0 Å². The Bertz CT molecular complexity index is 974. The molecule has 0 unspecified atom stereocenters. The van der Waals surface area contributed by atoms with Crippen molar-refractivity contribution in [1.29, 1.82) is 0 Å². The molecule has 1 fully saturated rings. The Kier molecular flexibility index (Phi) is 4.34. The number of nitrogens with zero attached hydrogens (tertiary/aromatic N) is 4. The van der Waals surface area contributed by atoms with Crippen molar-refractivity contribution in [3.8, 4) is 0 Å². The van der Waals surface area contributed by atoms with Crippen molar-refractivity contribution in [2.45, 2.75) is 18.9 Å². The standard InChI is InChI=1S/C18H21N5O3/c1-22-8-4-15(21-22)20-18-17-13(3-7-19-18)14(24)11-16(26-17)23(2)12-5-9-25-10-6-12/h3-4,7-8,11-12H,5-6,9-10H2,1-2H3,(H,19,20,21). The molecule has 8 nitrogen and oxygen atoms in total. The molecule has 0 aliphatic carbocycles. The highest BCUT2D eigenvalue weighted by molar-refractivity contribution is 5.88. The van der Waals surface area contributed by atoms with E-state index in [1.165, 1.54) is 0 Å². The van der Waals surface area contributed by atoms with Crippen LogP contribution >= 0.6 is 0 Å². The summed E-state index contributed by atoms with van der Waals surface area (Å²) >= 11 is 0. The summed E-state index contributed by atoms with van der Waals surface area (Å²) in [5, 5.41) is 7.90. The van der Waals surface area contributed by atoms with Crippen molar-refractivity contribution >= 4 is 28.5 Å². The summed E-state index contributed by atoms with van der Waals surface area (Å²) in [5.74, 6) is 1.64. The van der Waals surface area contributed by atoms with Gasteiger partial charge in [-0.15, -0.1) is 0 Å². The van der Waals surface area contributed by atoms with E-state index in [0.29, 0.717) is 28.5 Å². The predicted molar refractivity (Wildman–Crippen MR) is 99.0 cm³/mol. The third-order valence-electron chi connectivity index (χ3n) is 4.68. The lowest BCUT2D eigenvalue weighted by Crippen LogP contribution is -2.37. The number of rotatable bonds is 4. The van der Waals surface area contributed by atoms with Crippen LogP contribution in [-0.4, -0.2) is 41.1 Å². The van der Waals surface area contributed by atoms with E-state index in [1.807, 2.05) is 31.3 Å². The van der Waals surface area contributed by atoms with Crippen LogP contribution in [0.4, 0.5) is 17.5 Å². The molecular weight excluding hydrogens is 334 g/mol. The van der Waals surface area contributed by atoms with Crippen molar-refractivity contribution < 1.29 is 9.15 Å². The lowest BCUT2D eigenvalue weighted by atomic mass is 10.1. The summed E-state index contributed by atoms with van der Waals surface area (Å²) < 4.78 is 13.2. The van der Waals surface area contributed by atoms with Crippen LogP contribution in [0.5, 0.6) is 0 Å². The molecule has 8 heteroatoms. The molecule has 4 rings (SSSR count). The molecule has 0 atom stereocenters. The number of fused-ring (bicyclic) bond motifs is 1. The van der Waals surface area contributed by atoms with Gasteiger partial charge in [-0.1, -0.05) is 0 Å². The van der Waals surface area contributed by atoms with Crippen molar-refractivity contribution in [2.24, 2.45) is 7.05 Å². The average molecular weight is 355 g/mol. The number of anilines is 3. The van der Waals surface area contributed by atoms with Crippen LogP contribution in [0.25, 0.3) is 11.0 Å². The molecular formula is C18H21N5O3. The molecule has 1 aliphatic rings. The molecule has 1 aliphatic heterocycles. The number of hydrogen-bond acceptors (Lipinski definition) is 7. The lowest BCUT2D eigenvalue weighted by Gasteiger charge is -2.31. The van der Waals surface area contributed by atoms with E-state index < -0.39 is 0 Å². The fourth-order valence-electron chi connectivity index (χ4n) is 3.19. The molecule has 3 aromatic heterocycles. The first kappa shape index (κ1) is 16.6. The van der Waals surface area contributed by atoms with Gasteiger partial charge in [0.1, 0.15) is 0 Å². The Labute approximate surface area is 150 Å². The number of hydrogen-bond donors (Lipinski definition) is 1. The van der Waals surface area contributed by atoms with Gasteiger partial charge < -0.3 is 19.4 Å². The first-order chi connectivity index (χ1) is 12.6. The maximum Gasteiger partial charge on any atom is 0.200 e. The second-order valence-corrected chi connectivity index (χ2v) is 6.44. The number of ether oxygens (including phenoxy) is 1. The summed E-state index contributed by atoms with van der Waals surface area (Å²) in [4.78, 5) is 19.0. The van der Waals surface area contributed by atoms with Gasteiger partial charge in [0, 0.05) is 57.9 Å². The third kappa shape index (κ3) is 3.15. The van der Waals surface area contributed by atoms with E-state index in [-0.39, 0.29) is 11.5 Å². The van der Waals surface area contributed by atoms with Crippen molar-refractivity contribution in [3.05, 3.63) is 40.8 Å². The number of nitrogens with one attached hydrogen (secondary N) is 1. The maximum atomic E-state index is 12.6. The van der Waals surface area contributed by atoms with Gasteiger partial charge in [0.05, 0.1) is 5.39 Å². The topological polar surface area (TPSA) is 85.4 Å². The van der Waals surface area contributed by atoms with E-state index in [0.717, 1.165) is 26.1 Å². The van der Waals surface area contributed by atoms with E-state index >= 15 is 0 Å². The van der Waals surface area contributed by atoms with Gasteiger partial charge in [0.2, 0.25) is 0 Å². The molecule has 0 aromatic carbocycles. The molecule has 3 aromatic rings. The number of aryl methyl sites for hydroxylation is 1. The zero-order valence-corrected chi connectivity index (χ0v) is 14.8. The van der Waals surface area contributed by atoms with Crippen LogP contribution in [0.1, 0.15) is 12.8 Å². The van der Waals surface area contributed by atoms with Crippen molar-refractivity contribution in [1.82, 2.24) is 14.8 Å². The second-order valence-electron chi connectivity index (χ2n) is 6.44. The molecule has 1 saturated heterocycles. The van der Waals surface area contributed by atoms with E-state index in [4.69, 9.17) is 9.15 Å². The Morgan fingerprint density at radius 1 is 1.31 bits per heavy atom. The van der Waals surface area contributed by atoms with Crippen LogP contribution in [-0.2, 0) is 11.8 Å². The first-order valence-corrected chi connectivity index (χ1v) is 8.62. The smallest absolute Gasteiger partial charge is 0.200 e. The normalized spacial score (nSPS) is 15.3. The highest BCUT2D eigenvalue weighted by Gasteiger charge is 2.22. The van der Waals surface area contributed by atoms with E-state index in [1.54, 1.807) is 23.0 Å². The zero-order chi connectivity index (χ0) is 18.1. The monoisotopic (exact) mass is 355 g/mol. The summed E-state index contributed by atoms with van der Waals surface area (Å²) in [7, 11) is 3.78. The predicted octanol–water partition coefficient (Wildman–Crippen LogP) is 2.28. The first-order valence-electron chi connectivity index (χ1n) is 8.62. The van der Waals surface area contributed by atoms with Crippen molar-refractivity contribution in [2.75, 3.05) is 30.5 Å². The summed E-state index contributed by atoms with van der Waals surface area (Å²) in [6, 6.07) is 5.33. The summed E-state index contributed by atoms with van der Waals surface area (Å²) in [6.45, 7) is 1.45. The Balaban J connectivity index is 1.74. The minimum absolute atomic E-state index is 0.0911. The fourth-order valence-corrected chi connectivity index (χ4v) is 3.19. The van der Waals surface area contributed by atoms with E-state index in [9.17, 15) is 4.79 Å². The molecule has 0 radical (unpaired) electrons. The van der Waals surface area contributed by atoms with Crippen LogP contribution in [0.15, 0.2) is 39.8 Å². The van der Waals surface area contributed by atoms with Crippen molar-refractivity contribution in [3.63, 3.8) is 0 Å². The molecule has 0 saturated carbocycles. The van der Waals surface area contributed by atoms with Crippen LogP contribution in [0, 0.1) is 0 Å². The molecule has 4 heterocycles. The molecule has 1 N–H and O–H groups in total. The highest BCUT2D eigenvalue weighted by atomic mass is 16.5. The molecule has 0 bridgehead atoms. The number of pyridine rings is 1. The number of aromatic nitrogens is 3. The molecule has 0 spiro atoms. The van der Waals surface area contributed by atoms with Crippen LogP contribution in [0.3, 0.4) is 0 Å². The van der Waals surface area contributed by atoms with Gasteiger partial charge in [-0.2, -0.15) is 5.10 Å². The van der Waals surface area contributed by atoms with E-state index in [2.05, 4.69) is 15.4 Å². The minimum atomic E-state index is -0.0911. The second kappa shape index (κ2) is 6.80. The zero-order valence-electron chi connectivity index (χ0n) is 14.8. The molecule has 0 amide bonds. The van der Waals surface area contributed by atoms with Gasteiger partial charge >= 0.3 is 0 Å².